The van der Waals surface area contributed by atoms with Gasteiger partial charge in [-0.2, -0.15) is 0 Å². The lowest BCUT2D eigenvalue weighted by Crippen LogP contribution is -2.29. The number of rotatable bonds is 8. The molecule has 0 bridgehead atoms. The number of hydrogen-bond donors (Lipinski definition) is 0. The molecule has 15 aromatic rings. The molecule has 0 saturated heterocycles. The molecule has 0 atom stereocenters. The standard InChI is InChI=1S/C69H48N6O/c1-69(2,3)50-30-32-71-67(38-50)74-62-29-26-46(49-35-47(44-16-6-4-7-17-44)34-48(36-49)45-18-8-5-9-19-45)37-57(62)56-28-27-52(41-65(56)74)76-53-31-33-70-66(42-53)73-43-72(63-24-14-15-25-64(63)73)51-39-58-54-20-10-12-22-60(54)75-61-23-13-11-21-55(61)59(40-51)68(58)75/h4-42H,1-3H3. The van der Waals surface area contributed by atoms with Crippen LogP contribution in [-0.2, 0) is 5.41 Å². The van der Waals surface area contributed by atoms with Crippen LogP contribution in [0.1, 0.15) is 26.3 Å². The number of pyridine rings is 2. The van der Waals surface area contributed by atoms with Crippen LogP contribution in [0.2, 0.25) is 0 Å². The zero-order chi connectivity index (χ0) is 50.6. The molecule has 0 aliphatic carbocycles. The van der Waals surface area contributed by atoms with E-state index in [4.69, 9.17) is 14.7 Å². The molecule has 0 aliphatic heterocycles. The fourth-order valence-corrected chi connectivity index (χ4v) is 11.6. The lowest BCUT2D eigenvalue weighted by molar-refractivity contribution is -0.572. The van der Waals surface area contributed by atoms with Crippen molar-refractivity contribution >= 4 is 70.9 Å². The van der Waals surface area contributed by atoms with Crippen LogP contribution in [0, 0.1) is 6.33 Å². The van der Waals surface area contributed by atoms with Crippen molar-refractivity contribution < 1.29 is 9.30 Å². The van der Waals surface area contributed by atoms with E-state index in [-0.39, 0.29) is 5.41 Å². The maximum atomic E-state index is 6.86. The summed E-state index contributed by atoms with van der Waals surface area (Å²) in [4.78, 5) is 9.95. The Kier molecular flexibility index (Phi) is 9.69. The lowest BCUT2D eigenvalue weighted by atomic mass is 9.88. The molecule has 15 rings (SSSR count). The molecule has 6 aromatic heterocycles. The molecular weight excluding hydrogens is 929 g/mol. The number of benzene rings is 9. The Hall–Kier alpha value is -9.85. The van der Waals surface area contributed by atoms with Crippen molar-refractivity contribution in [2.75, 3.05) is 0 Å². The normalized spacial score (nSPS) is 12.1. The number of imidazole rings is 1. The van der Waals surface area contributed by atoms with Gasteiger partial charge in [-0.15, -0.1) is 0 Å². The number of fused-ring (bicyclic) bond motifs is 10. The van der Waals surface area contributed by atoms with Crippen LogP contribution in [0.5, 0.6) is 11.5 Å². The topological polar surface area (TPSA) is 53.2 Å². The first kappa shape index (κ1) is 43.7. The second kappa shape index (κ2) is 16.8. The average Bonchev–Trinajstić information content (AvgIpc) is 4.38. The van der Waals surface area contributed by atoms with Gasteiger partial charge < -0.3 is 9.14 Å². The Labute approximate surface area is 438 Å². The van der Waals surface area contributed by atoms with Gasteiger partial charge in [-0.05, 0) is 129 Å². The smallest absolute Gasteiger partial charge is 0.271 e. The summed E-state index contributed by atoms with van der Waals surface area (Å²) in [7, 11) is 0. The third-order valence-corrected chi connectivity index (χ3v) is 15.3. The number of hydrogen-bond acceptors (Lipinski definition) is 3. The van der Waals surface area contributed by atoms with Gasteiger partial charge in [0.05, 0.1) is 44.3 Å². The molecule has 0 aliphatic rings. The van der Waals surface area contributed by atoms with Gasteiger partial charge in [0.2, 0.25) is 0 Å². The highest BCUT2D eigenvalue weighted by molar-refractivity contribution is 6.23. The van der Waals surface area contributed by atoms with Crippen molar-refractivity contribution in [1.29, 1.82) is 0 Å². The minimum atomic E-state index is -0.0725. The molecule has 0 spiro atoms. The van der Waals surface area contributed by atoms with Crippen molar-refractivity contribution in [2.45, 2.75) is 26.2 Å². The zero-order valence-corrected chi connectivity index (χ0v) is 42.1. The number of para-hydroxylation sites is 4. The maximum absolute atomic E-state index is 6.86. The van der Waals surface area contributed by atoms with Gasteiger partial charge in [-0.1, -0.05) is 148 Å². The molecule has 360 valence electrons. The monoisotopic (exact) mass is 976 g/mol. The largest absolute Gasteiger partial charge is 0.458 e. The minimum absolute atomic E-state index is 0.0725. The molecule has 76 heavy (non-hydrogen) atoms. The van der Waals surface area contributed by atoms with Crippen molar-refractivity contribution in [3.05, 3.63) is 249 Å². The first-order valence-corrected chi connectivity index (χ1v) is 25.9. The Balaban J connectivity index is 0.843. The second-order valence-electron chi connectivity index (χ2n) is 20.9. The Morgan fingerprint density at radius 1 is 0.408 bits per heavy atom. The van der Waals surface area contributed by atoms with Gasteiger partial charge in [0.15, 0.2) is 5.82 Å². The molecule has 6 heterocycles. The summed E-state index contributed by atoms with van der Waals surface area (Å²) in [6.45, 7) is 6.73. The Bertz CT molecular complexity index is 4630. The van der Waals surface area contributed by atoms with Crippen molar-refractivity contribution in [2.24, 2.45) is 0 Å². The molecular formula is C69H48N6O. The molecule has 0 amide bonds. The van der Waals surface area contributed by atoms with E-state index in [1.807, 2.05) is 29.1 Å². The van der Waals surface area contributed by atoms with E-state index in [1.54, 1.807) is 0 Å². The van der Waals surface area contributed by atoms with Gasteiger partial charge >= 0.3 is 0 Å². The molecule has 0 fully saturated rings. The van der Waals surface area contributed by atoms with E-state index in [0.717, 1.165) is 55.5 Å². The average molecular weight is 977 g/mol. The molecule has 0 radical (unpaired) electrons. The summed E-state index contributed by atoms with van der Waals surface area (Å²) < 4.78 is 15.8. The fourth-order valence-electron chi connectivity index (χ4n) is 11.6. The third kappa shape index (κ3) is 7.00. The Morgan fingerprint density at radius 3 is 1.67 bits per heavy atom. The third-order valence-electron chi connectivity index (χ3n) is 15.3. The van der Waals surface area contributed by atoms with E-state index < -0.39 is 0 Å². The summed E-state index contributed by atoms with van der Waals surface area (Å²) >= 11 is 0. The molecule has 0 unspecified atom stereocenters. The number of ether oxygens (including phenoxy) is 1. The van der Waals surface area contributed by atoms with Crippen molar-refractivity contribution in [1.82, 2.24) is 23.5 Å². The van der Waals surface area contributed by atoms with Crippen LogP contribution in [0.4, 0.5) is 0 Å². The molecule has 7 heteroatoms. The summed E-state index contributed by atoms with van der Waals surface area (Å²) in [5.74, 6) is 2.91. The van der Waals surface area contributed by atoms with Crippen LogP contribution in [-0.4, -0.2) is 23.5 Å². The summed E-state index contributed by atoms with van der Waals surface area (Å²) in [5.41, 5.74) is 16.9. The molecule has 0 N–H and O–H groups in total. The second-order valence-corrected chi connectivity index (χ2v) is 20.9. The van der Waals surface area contributed by atoms with Gasteiger partial charge in [-0.25, -0.2) is 4.98 Å². The first-order valence-electron chi connectivity index (χ1n) is 25.9. The first-order chi connectivity index (χ1) is 37.3. The van der Waals surface area contributed by atoms with Gasteiger partial charge in [0.1, 0.15) is 17.3 Å². The van der Waals surface area contributed by atoms with Crippen LogP contribution >= 0.6 is 0 Å². The van der Waals surface area contributed by atoms with E-state index in [2.05, 4.69) is 253 Å². The highest BCUT2D eigenvalue weighted by atomic mass is 16.5. The SMILES string of the molecule is CC(C)(C)c1ccnc(-n2c3ccc(-c4cc(-c5ccccc5)cc(-c5ccccc5)c4)cc3c3ccc(Oc4ccnc(-n5[c-][n+](-c6cc7c8ccccc8n8c9ccccc9c(c6)c78)c6ccccc65)c4)cc32)c1. The van der Waals surface area contributed by atoms with Crippen molar-refractivity contribution in [3.63, 3.8) is 0 Å². The number of nitrogens with zero attached hydrogens (tertiary/aromatic N) is 6. The lowest BCUT2D eigenvalue weighted by Gasteiger charge is -2.20. The molecule has 0 saturated carbocycles. The summed E-state index contributed by atoms with van der Waals surface area (Å²) in [6, 6.07) is 80.1. The Morgan fingerprint density at radius 2 is 0.987 bits per heavy atom. The summed E-state index contributed by atoms with van der Waals surface area (Å²) in [6.07, 6.45) is 7.47. The van der Waals surface area contributed by atoms with E-state index in [9.17, 15) is 0 Å². The van der Waals surface area contributed by atoms with Crippen LogP contribution in [0.15, 0.2) is 237 Å². The van der Waals surface area contributed by atoms with Crippen LogP contribution in [0.3, 0.4) is 0 Å². The quantitative estimate of drug-likeness (QED) is 0.113. The van der Waals surface area contributed by atoms with Gasteiger partial charge in [0.25, 0.3) is 6.33 Å². The van der Waals surface area contributed by atoms with Crippen molar-refractivity contribution in [3.8, 4) is 62.2 Å². The fraction of sp³-hybridized carbons (Fsp3) is 0.0580. The van der Waals surface area contributed by atoms with Gasteiger partial charge in [-0.3, -0.25) is 18.7 Å². The predicted octanol–water partition coefficient (Wildman–Crippen LogP) is 16.8. The van der Waals surface area contributed by atoms with E-state index in [0.29, 0.717) is 17.3 Å². The molecule has 9 aromatic carbocycles. The van der Waals surface area contributed by atoms with Gasteiger partial charge in [0, 0.05) is 56.8 Å². The predicted molar refractivity (Wildman–Crippen MR) is 310 cm³/mol. The number of aromatic nitrogens is 6. The highest BCUT2D eigenvalue weighted by Crippen LogP contribution is 2.42. The summed E-state index contributed by atoms with van der Waals surface area (Å²) in [5, 5.41) is 7.12. The highest BCUT2D eigenvalue weighted by Gasteiger charge is 2.23. The van der Waals surface area contributed by atoms with E-state index >= 15 is 0 Å². The zero-order valence-electron chi connectivity index (χ0n) is 42.1. The minimum Gasteiger partial charge on any atom is -0.458 e. The van der Waals surface area contributed by atoms with E-state index in [1.165, 1.54) is 65.9 Å². The molecule has 7 nitrogen and oxygen atoms in total. The van der Waals surface area contributed by atoms with Crippen LogP contribution < -0.4 is 9.30 Å². The maximum Gasteiger partial charge on any atom is 0.271 e. The van der Waals surface area contributed by atoms with Crippen LogP contribution in [0.25, 0.3) is 122 Å².